The number of methoxy groups -OCH3 is 1. The highest BCUT2D eigenvalue weighted by Gasteiger charge is 2.31. The minimum Gasteiger partial charge on any atom is -0.507 e. The minimum absolute atomic E-state index is 0.00403. The maximum absolute atomic E-state index is 12.7. The number of phenols is 2. The van der Waals surface area contributed by atoms with Gasteiger partial charge in [0.2, 0.25) is 0 Å². The summed E-state index contributed by atoms with van der Waals surface area (Å²) in [5.41, 5.74) is 0.660. The molecule has 190 valence electrons. The number of hydrogen-bond donors (Lipinski definition) is 2. The topological polar surface area (TPSA) is 102 Å². The highest BCUT2D eigenvalue weighted by Crippen LogP contribution is 2.43. The average molecular weight is 485 g/mol. The Hall–Kier alpha value is -3.22. The van der Waals surface area contributed by atoms with Gasteiger partial charge in [0.15, 0.2) is 17.3 Å². The lowest BCUT2D eigenvalue weighted by atomic mass is 9.95. The quantitative estimate of drug-likeness (QED) is 0.187. The largest absolute Gasteiger partial charge is 0.507 e. The van der Waals surface area contributed by atoms with Crippen LogP contribution < -0.4 is 14.2 Å². The molecule has 0 saturated carbocycles. The van der Waals surface area contributed by atoms with Gasteiger partial charge < -0.3 is 24.4 Å². The number of fused-ring (bicyclic) bond motifs is 1. The van der Waals surface area contributed by atoms with E-state index < -0.39 is 6.10 Å². The van der Waals surface area contributed by atoms with Crippen LogP contribution in [0.3, 0.4) is 0 Å². The number of ketones is 1. The van der Waals surface area contributed by atoms with Gasteiger partial charge in [-0.25, -0.2) is 0 Å². The van der Waals surface area contributed by atoms with E-state index in [4.69, 9.17) is 14.2 Å². The number of carbonyl (C=O) groups excluding carboxylic acids is 2. The first-order valence-electron chi connectivity index (χ1n) is 12.6. The first-order valence-corrected chi connectivity index (χ1v) is 12.6. The maximum Gasteiger partial charge on any atom is 0.311 e. The second kappa shape index (κ2) is 13.0. The number of benzene rings is 2. The number of ether oxygens (including phenoxy) is 3. The second-order valence-electron chi connectivity index (χ2n) is 9.03. The van der Waals surface area contributed by atoms with Gasteiger partial charge in [0.25, 0.3) is 0 Å². The maximum atomic E-state index is 12.7. The minimum atomic E-state index is -0.654. The van der Waals surface area contributed by atoms with E-state index in [9.17, 15) is 19.8 Å². The summed E-state index contributed by atoms with van der Waals surface area (Å²) in [4.78, 5) is 25.0. The molecule has 0 amide bonds. The molecule has 0 bridgehead atoms. The molecule has 3 rings (SSSR count). The van der Waals surface area contributed by atoms with E-state index in [0.717, 1.165) is 19.3 Å². The van der Waals surface area contributed by atoms with Crippen molar-refractivity contribution in [2.75, 3.05) is 7.11 Å². The molecule has 7 heteroatoms. The fourth-order valence-corrected chi connectivity index (χ4v) is 4.33. The Labute approximate surface area is 207 Å². The molecular formula is C28H36O7. The fourth-order valence-electron chi connectivity index (χ4n) is 4.33. The predicted molar refractivity (Wildman–Crippen MR) is 133 cm³/mol. The summed E-state index contributed by atoms with van der Waals surface area (Å²) in [6.07, 6.45) is 10.1. The summed E-state index contributed by atoms with van der Waals surface area (Å²) in [6.45, 7) is 2.21. The van der Waals surface area contributed by atoms with Gasteiger partial charge in [0, 0.05) is 18.6 Å². The number of rotatable bonds is 13. The summed E-state index contributed by atoms with van der Waals surface area (Å²) in [7, 11) is 1.45. The van der Waals surface area contributed by atoms with E-state index in [2.05, 4.69) is 6.92 Å². The summed E-state index contributed by atoms with van der Waals surface area (Å²) < 4.78 is 16.4. The van der Waals surface area contributed by atoms with Crippen molar-refractivity contribution >= 4 is 11.8 Å². The summed E-state index contributed by atoms with van der Waals surface area (Å²) in [5.74, 6) is -0.429. The van der Waals surface area contributed by atoms with Crippen LogP contribution in [0.25, 0.3) is 0 Å². The molecule has 0 saturated heterocycles. The molecule has 2 aromatic carbocycles. The summed E-state index contributed by atoms with van der Waals surface area (Å²) in [5, 5.41) is 20.5. The third-order valence-electron chi connectivity index (χ3n) is 6.26. The number of hydrogen-bond acceptors (Lipinski definition) is 7. The van der Waals surface area contributed by atoms with Gasteiger partial charge >= 0.3 is 5.97 Å². The van der Waals surface area contributed by atoms with E-state index >= 15 is 0 Å². The molecule has 0 aromatic heterocycles. The van der Waals surface area contributed by atoms with Crippen molar-refractivity contribution in [3.63, 3.8) is 0 Å². The van der Waals surface area contributed by atoms with Crippen LogP contribution in [0.1, 0.15) is 99.6 Å². The first kappa shape index (κ1) is 26.4. The predicted octanol–water partition coefficient (Wildman–Crippen LogP) is 6.64. The first-order chi connectivity index (χ1) is 16.9. The highest BCUT2D eigenvalue weighted by molar-refractivity contribution is 6.02. The van der Waals surface area contributed by atoms with Crippen molar-refractivity contribution in [3.8, 4) is 28.7 Å². The van der Waals surface area contributed by atoms with Crippen LogP contribution >= 0.6 is 0 Å². The van der Waals surface area contributed by atoms with E-state index in [1.165, 1.54) is 63.8 Å². The molecule has 0 radical (unpaired) electrons. The van der Waals surface area contributed by atoms with Gasteiger partial charge in [-0.05, 0) is 24.1 Å². The SMILES string of the molecule is CCCCCCCCCCCC(=O)Oc1cc(O)c2c(c1)O[C@H](c1ccc(OC)c(O)c1)CC2=O. The van der Waals surface area contributed by atoms with E-state index in [-0.39, 0.29) is 46.7 Å². The lowest BCUT2D eigenvalue weighted by Crippen LogP contribution is -2.20. The van der Waals surface area contributed by atoms with E-state index in [1.54, 1.807) is 12.1 Å². The zero-order valence-electron chi connectivity index (χ0n) is 20.7. The zero-order chi connectivity index (χ0) is 25.2. The molecule has 0 spiro atoms. The van der Waals surface area contributed by atoms with Crippen molar-refractivity contribution in [1.82, 2.24) is 0 Å². The van der Waals surface area contributed by atoms with Crippen LogP contribution in [-0.2, 0) is 4.79 Å². The van der Waals surface area contributed by atoms with Gasteiger partial charge in [-0.1, -0.05) is 64.4 Å². The Morgan fingerprint density at radius 3 is 2.31 bits per heavy atom. The Kier molecular flexibility index (Phi) is 9.82. The standard InChI is InChI=1S/C28H36O7/c1-3-4-5-6-7-8-9-10-11-12-27(32)34-20-16-22(30)28-23(31)18-25(35-26(28)17-20)19-13-14-24(33-2)21(29)15-19/h13-17,25,29-30H,3-12,18H2,1-2H3/t25-/m0/s1. The molecular weight excluding hydrogens is 448 g/mol. The smallest absolute Gasteiger partial charge is 0.311 e. The van der Waals surface area contributed by atoms with Crippen LogP contribution in [0, 0.1) is 0 Å². The Morgan fingerprint density at radius 2 is 1.66 bits per heavy atom. The number of esters is 1. The van der Waals surface area contributed by atoms with Crippen LogP contribution in [0.5, 0.6) is 28.7 Å². The van der Waals surface area contributed by atoms with Crippen molar-refractivity contribution in [3.05, 3.63) is 41.5 Å². The Morgan fingerprint density at radius 1 is 0.971 bits per heavy atom. The molecule has 1 aliphatic heterocycles. The van der Waals surface area contributed by atoms with Crippen molar-refractivity contribution in [1.29, 1.82) is 0 Å². The monoisotopic (exact) mass is 484 g/mol. The number of unbranched alkanes of at least 4 members (excludes halogenated alkanes) is 8. The van der Waals surface area contributed by atoms with Gasteiger partial charge in [0.1, 0.15) is 28.9 Å². The molecule has 1 atom stereocenters. The third-order valence-corrected chi connectivity index (χ3v) is 6.26. The molecule has 2 N–H and O–H groups in total. The van der Waals surface area contributed by atoms with Gasteiger partial charge in [-0.3, -0.25) is 9.59 Å². The summed E-state index contributed by atoms with van der Waals surface area (Å²) in [6, 6.07) is 7.51. The van der Waals surface area contributed by atoms with Crippen LogP contribution in [0.2, 0.25) is 0 Å². The van der Waals surface area contributed by atoms with Crippen molar-refractivity contribution in [2.24, 2.45) is 0 Å². The van der Waals surface area contributed by atoms with Crippen LogP contribution in [0.15, 0.2) is 30.3 Å². The second-order valence-corrected chi connectivity index (χ2v) is 9.03. The fraction of sp³-hybridized carbons (Fsp3) is 0.500. The van der Waals surface area contributed by atoms with Gasteiger partial charge in [-0.15, -0.1) is 0 Å². The highest BCUT2D eigenvalue weighted by atomic mass is 16.5. The lowest BCUT2D eigenvalue weighted by Gasteiger charge is -2.26. The van der Waals surface area contributed by atoms with E-state index in [1.807, 2.05) is 0 Å². The van der Waals surface area contributed by atoms with Gasteiger partial charge in [-0.2, -0.15) is 0 Å². The van der Waals surface area contributed by atoms with Crippen molar-refractivity contribution in [2.45, 2.75) is 83.7 Å². The summed E-state index contributed by atoms with van der Waals surface area (Å²) >= 11 is 0. The molecule has 0 fully saturated rings. The molecule has 0 unspecified atom stereocenters. The molecule has 2 aromatic rings. The normalized spacial score (nSPS) is 14.8. The third kappa shape index (κ3) is 7.38. The molecule has 35 heavy (non-hydrogen) atoms. The number of carbonyl (C=O) groups is 2. The number of phenolic OH excluding ortho intramolecular Hbond substituents is 2. The number of aromatic hydroxyl groups is 2. The molecule has 1 aliphatic rings. The van der Waals surface area contributed by atoms with Gasteiger partial charge in [0.05, 0.1) is 13.5 Å². The Balaban J connectivity index is 1.54. The lowest BCUT2D eigenvalue weighted by molar-refractivity contribution is -0.134. The number of Topliss-reactive ketones (excluding diaryl/α,β-unsaturated/α-hetero) is 1. The van der Waals surface area contributed by atoms with E-state index in [0.29, 0.717) is 17.7 Å². The van der Waals surface area contributed by atoms with Crippen LogP contribution in [0.4, 0.5) is 0 Å². The molecule has 1 heterocycles. The Bertz CT molecular complexity index is 1010. The van der Waals surface area contributed by atoms with Crippen LogP contribution in [-0.4, -0.2) is 29.1 Å². The molecule has 0 aliphatic carbocycles. The zero-order valence-corrected chi connectivity index (χ0v) is 20.7. The average Bonchev–Trinajstić information content (AvgIpc) is 2.82. The van der Waals surface area contributed by atoms with Crippen molar-refractivity contribution < 1.29 is 34.0 Å². The molecule has 7 nitrogen and oxygen atoms in total.